The Morgan fingerprint density at radius 3 is 2.43 bits per heavy atom. The van der Waals surface area contributed by atoms with Crippen LogP contribution in [0.1, 0.15) is 38.8 Å². The SMILES string of the molecule is Cc1ccc(C(=O)[C@@H](C)OC(=O)c2cc(Cl)ccc2F)cc1C. The van der Waals surface area contributed by atoms with Gasteiger partial charge in [-0.2, -0.15) is 0 Å². The summed E-state index contributed by atoms with van der Waals surface area (Å²) in [5.41, 5.74) is 2.18. The van der Waals surface area contributed by atoms with Crippen LogP contribution in [0.4, 0.5) is 4.39 Å². The van der Waals surface area contributed by atoms with Crippen molar-refractivity contribution in [3.05, 3.63) is 69.5 Å². The molecule has 0 aromatic heterocycles. The summed E-state index contributed by atoms with van der Waals surface area (Å²) in [7, 11) is 0. The van der Waals surface area contributed by atoms with Crippen molar-refractivity contribution in [1.29, 1.82) is 0 Å². The number of esters is 1. The van der Waals surface area contributed by atoms with E-state index in [1.165, 1.54) is 19.1 Å². The van der Waals surface area contributed by atoms with Crippen molar-refractivity contribution in [3.63, 3.8) is 0 Å². The monoisotopic (exact) mass is 334 g/mol. The van der Waals surface area contributed by atoms with Crippen molar-refractivity contribution in [2.24, 2.45) is 0 Å². The van der Waals surface area contributed by atoms with Gasteiger partial charge in [0, 0.05) is 10.6 Å². The summed E-state index contributed by atoms with van der Waals surface area (Å²) in [5, 5.41) is 0.214. The second-order valence-corrected chi connectivity index (χ2v) is 5.77. The molecule has 2 rings (SSSR count). The number of benzene rings is 2. The predicted octanol–water partition coefficient (Wildman–Crippen LogP) is 4.52. The summed E-state index contributed by atoms with van der Waals surface area (Å²) >= 11 is 5.75. The van der Waals surface area contributed by atoms with E-state index in [1.54, 1.807) is 12.1 Å². The Bertz CT molecular complexity index is 771. The van der Waals surface area contributed by atoms with Crippen LogP contribution in [-0.2, 0) is 4.74 Å². The summed E-state index contributed by atoms with van der Waals surface area (Å²) in [6.45, 7) is 5.29. The lowest BCUT2D eigenvalue weighted by Gasteiger charge is -2.13. The summed E-state index contributed by atoms with van der Waals surface area (Å²) in [6, 6.07) is 8.82. The Morgan fingerprint density at radius 2 is 1.78 bits per heavy atom. The first-order valence-electron chi connectivity index (χ1n) is 7.07. The Labute approximate surface area is 139 Å². The van der Waals surface area contributed by atoms with Crippen molar-refractivity contribution in [2.75, 3.05) is 0 Å². The molecule has 23 heavy (non-hydrogen) atoms. The molecule has 0 aliphatic carbocycles. The minimum atomic E-state index is -1.03. The number of hydrogen-bond donors (Lipinski definition) is 0. The van der Waals surface area contributed by atoms with Crippen LogP contribution in [-0.4, -0.2) is 17.9 Å². The average molecular weight is 335 g/mol. The lowest BCUT2D eigenvalue weighted by atomic mass is 10.0. The normalized spacial score (nSPS) is 11.9. The van der Waals surface area contributed by atoms with Crippen LogP contribution in [0, 0.1) is 19.7 Å². The van der Waals surface area contributed by atoms with E-state index in [4.69, 9.17) is 16.3 Å². The first-order chi connectivity index (χ1) is 10.8. The molecule has 3 nitrogen and oxygen atoms in total. The van der Waals surface area contributed by atoms with Gasteiger partial charge in [-0.1, -0.05) is 23.7 Å². The van der Waals surface area contributed by atoms with Gasteiger partial charge in [0.25, 0.3) is 0 Å². The first kappa shape index (κ1) is 17.2. The van der Waals surface area contributed by atoms with Gasteiger partial charge in [-0.15, -0.1) is 0 Å². The Balaban J connectivity index is 2.15. The Morgan fingerprint density at radius 1 is 1.09 bits per heavy atom. The smallest absolute Gasteiger partial charge is 0.341 e. The van der Waals surface area contributed by atoms with Gasteiger partial charge in [-0.05, 0) is 56.2 Å². The maximum absolute atomic E-state index is 13.6. The first-order valence-corrected chi connectivity index (χ1v) is 7.45. The fraction of sp³-hybridized carbons (Fsp3) is 0.222. The van der Waals surface area contributed by atoms with Gasteiger partial charge in [-0.25, -0.2) is 9.18 Å². The third-order valence-corrected chi connectivity index (χ3v) is 3.83. The number of rotatable bonds is 4. The van der Waals surface area contributed by atoms with E-state index in [1.807, 2.05) is 19.9 Å². The molecule has 0 saturated heterocycles. The molecule has 0 unspecified atom stereocenters. The minimum Gasteiger partial charge on any atom is -0.451 e. The fourth-order valence-electron chi connectivity index (χ4n) is 2.06. The third-order valence-electron chi connectivity index (χ3n) is 3.59. The molecule has 2 aromatic carbocycles. The molecular weight excluding hydrogens is 319 g/mol. The van der Waals surface area contributed by atoms with E-state index in [9.17, 15) is 14.0 Å². The largest absolute Gasteiger partial charge is 0.451 e. The van der Waals surface area contributed by atoms with Crippen LogP contribution in [0.15, 0.2) is 36.4 Å². The molecule has 0 radical (unpaired) electrons. The number of aryl methyl sites for hydroxylation is 2. The molecule has 1 atom stereocenters. The van der Waals surface area contributed by atoms with Crippen LogP contribution in [0.3, 0.4) is 0 Å². The summed E-state index contributed by atoms with van der Waals surface area (Å²) < 4.78 is 18.7. The van der Waals surface area contributed by atoms with Crippen molar-refractivity contribution in [2.45, 2.75) is 26.9 Å². The second kappa shape index (κ2) is 6.92. The highest BCUT2D eigenvalue weighted by molar-refractivity contribution is 6.30. The second-order valence-electron chi connectivity index (χ2n) is 5.33. The fourth-order valence-corrected chi connectivity index (χ4v) is 2.23. The Hall–Kier alpha value is -2.20. The highest BCUT2D eigenvalue weighted by Crippen LogP contribution is 2.18. The van der Waals surface area contributed by atoms with E-state index >= 15 is 0 Å². The maximum atomic E-state index is 13.6. The molecule has 0 aliphatic heterocycles. The van der Waals surface area contributed by atoms with Gasteiger partial charge < -0.3 is 4.74 Å². The zero-order valence-electron chi connectivity index (χ0n) is 13.0. The molecule has 0 N–H and O–H groups in total. The molecule has 0 bridgehead atoms. The van der Waals surface area contributed by atoms with Crippen molar-refractivity contribution in [3.8, 4) is 0 Å². The van der Waals surface area contributed by atoms with Crippen LogP contribution in [0.25, 0.3) is 0 Å². The van der Waals surface area contributed by atoms with Gasteiger partial charge in [0.1, 0.15) is 5.82 Å². The number of ketones is 1. The van der Waals surface area contributed by atoms with Gasteiger partial charge in [0.15, 0.2) is 6.10 Å². The van der Waals surface area contributed by atoms with E-state index in [0.717, 1.165) is 17.2 Å². The number of ether oxygens (including phenoxy) is 1. The molecule has 0 spiro atoms. The topological polar surface area (TPSA) is 43.4 Å². The number of Topliss-reactive ketones (excluding diaryl/α,β-unsaturated/α-hetero) is 1. The van der Waals surface area contributed by atoms with E-state index < -0.39 is 17.9 Å². The Kier molecular flexibility index (Phi) is 5.16. The summed E-state index contributed by atoms with van der Waals surface area (Å²) in [6.07, 6.45) is -1.03. The molecular formula is C18H16ClFO3. The highest BCUT2D eigenvalue weighted by Gasteiger charge is 2.22. The zero-order chi connectivity index (χ0) is 17.1. The van der Waals surface area contributed by atoms with Gasteiger partial charge in [0.2, 0.25) is 5.78 Å². The molecule has 0 heterocycles. The van der Waals surface area contributed by atoms with Crippen molar-refractivity contribution < 1.29 is 18.7 Å². The van der Waals surface area contributed by atoms with E-state index in [2.05, 4.69) is 0 Å². The standard InChI is InChI=1S/C18H16ClFO3/c1-10-4-5-13(8-11(10)2)17(21)12(3)23-18(22)15-9-14(19)6-7-16(15)20/h4-9,12H,1-3H3/t12-/m1/s1. The van der Waals surface area contributed by atoms with Crippen molar-refractivity contribution >= 4 is 23.4 Å². The molecule has 0 amide bonds. The third kappa shape index (κ3) is 3.96. The maximum Gasteiger partial charge on any atom is 0.341 e. The van der Waals surface area contributed by atoms with E-state index in [-0.39, 0.29) is 16.4 Å². The molecule has 0 aliphatic rings. The average Bonchev–Trinajstić information content (AvgIpc) is 2.51. The van der Waals surface area contributed by atoms with E-state index in [0.29, 0.717) is 5.56 Å². The van der Waals surface area contributed by atoms with Crippen LogP contribution in [0.2, 0.25) is 5.02 Å². The minimum absolute atomic E-state index is 0.214. The van der Waals surface area contributed by atoms with Crippen LogP contribution >= 0.6 is 11.6 Å². The highest BCUT2D eigenvalue weighted by atomic mass is 35.5. The number of carbonyl (C=O) groups excluding carboxylic acids is 2. The molecule has 120 valence electrons. The van der Waals surface area contributed by atoms with Gasteiger partial charge >= 0.3 is 5.97 Å². The summed E-state index contributed by atoms with van der Waals surface area (Å²) in [5.74, 6) is -2.01. The zero-order valence-corrected chi connectivity index (χ0v) is 13.8. The van der Waals surface area contributed by atoms with Crippen LogP contribution < -0.4 is 0 Å². The van der Waals surface area contributed by atoms with Gasteiger partial charge in [0.05, 0.1) is 5.56 Å². The van der Waals surface area contributed by atoms with Crippen molar-refractivity contribution in [1.82, 2.24) is 0 Å². The lowest BCUT2D eigenvalue weighted by Crippen LogP contribution is -2.25. The number of halogens is 2. The number of carbonyl (C=O) groups is 2. The molecule has 0 fully saturated rings. The van der Waals surface area contributed by atoms with Crippen LogP contribution in [0.5, 0.6) is 0 Å². The molecule has 2 aromatic rings. The lowest BCUT2D eigenvalue weighted by molar-refractivity contribution is 0.0314. The van der Waals surface area contributed by atoms with Gasteiger partial charge in [-0.3, -0.25) is 4.79 Å². The predicted molar refractivity (Wildman–Crippen MR) is 86.5 cm³/mol. The summed E-state index contributed by atoms with van der Waals surface area (Å²) in [4.78, 5) is 24.3. The quantitative estimate of drug-likeness (QED) is 0.609. The molecule has 5 heteroatoms. The number of hydrogen-bond acceptors (Lipinski definition) is 3. The molecule has 0 saturated carbocycles.